The monoisotopic (exact) mass is 177 g/mol. The third-order valence-corrected chi connectivity index (χ3v) is 1.77. The average Bonchev–Trinajstić information content (AvgIpc) is 2.14. The summed E-state index contributed by atoms with van der Waals surface area (Å²) >= 11 is 3.32. The van der Waals surface area contributed by atoms with Crippen LogP contribution in [0.4, 0.5) is 0 Å². The van der Waals surface area contributed by atoms with Crippen molar-refractivity contribution in [3.8, 4) is 0 Å². The summed E-state index contributed by atoms with van der Waals surface area (Å²) in [5.74, 6) is 0.814. The highest BCUT2D eigenvalue weighted by Crippen LogP contribution is 2.05. The molecule has 0 aromatic carbocycles. The van der Waals surface area contributed by atoms with Crippen LogP contribution >= 0.6 is 15.9 Å². The van der Waals surface area contributed by atoms with Gasteiger partial charge in [0.25, 0.3) is 0 Å². The van der Waals surface area contributed by atoms with Crippen molar-refractivity contribution in [2.45, 2.75) is 13.0 Å². The fourth-order valence-corrected chi connectivity index (χ4v) is 0.959. The van der Waals surface area contributed by atoms with E-state index in [9.17, 15) is 0 Å². The topological polar surface area (TPSA) is 21.6 Å². The second kappa shape index (κ2) is 2.49. The van der Waals surface area contributed by atoms with Gasteiger partial charge in [-0.15, -0.1) is 0 Å². The van der Waals surface area contributed by atoms with Crippen LogP contribution in [0.25, 0.3) is 0 Å². The van der Waals surface area contributed by atoms with E-state index in [2.05, 4.69) is 20.9 Å². The number of aliphatic imine (C=N–C) groups is 1. The lowest BCUT2D eigenvalue weighted by molar-refractivity contribution is 0.323. The fraction of sp³-hybridized carbons (Fsp3) is 0.800. The van der Waals surface area contributed by atoms with Crippen LogP contribution in [0, 0.1) is 0 Å². The molecule has 1 heterocycles. The summed E-state index contributed by atoms with van der Waals surface area (Å²) in [6.07, 6.45) is 0. The van der Waals surface area contributed by atoms with Crippen LogP contribution in [0.1, 0.15) is 6.92 Å². The standard InChI is InChI=1S/C5H8BrNO/c1-4-7-5(2-6)3-8-4/h5H,2-3H2,1H3. The van der Waals surface area contributed by atoms with Crippen molar-refractivity contribution in [3.63, 3.8) is 0 Å². The molecule has 0 radical (unpaired) electrons. The molecule has 1 aliphatic heterocycles. The first-order valence-corrected chi connectivity index (χ1v) is 3.68. The van der Waals surface area contributed by atoms with Gasteiger partial charge < -0.3 is 4.74 Å². The first-order valence-electron chi connectivity index (χ1n) is 2.56. The van der Waals surface area contributed by atoms with Gasteiger partial charge in [-0.3, -0.25) is 0 Å². The van der Waals surface area contributed by atoms with Crippen molar-refractivity contribution in [1.29, 1.82) is 0 Å². The van der Waals surface area contributed by atoms with Crippen molar-refractivity contribution in [2.24, 2.45) is 4.99 Å². The van der Waals surface area contributed by atoms with E-state index in [4.69, 9.17) is 4.74 Å². The molecule has 1 atom stereocenters. The molecule has 46 valence electrons. The van der Waals surface area contributed by atoms with E-state index in [1.165, 1.54) is 0 Å². The van der Waals surface area contributed by atoms with Crippen LogP contribution < -0.4 is 0 Å². The Labute approximate surface area is 57.1 Å². The summed E-state index contributed by atoms with van der Waals surface area (Å²) in [4.78, 5) is 4.15. The Balaban J connectivity index is 2.41. The van der Waals surface area contributed by atoms with Crippen LogP contribution in [-0.4, -0.2) is 23.9 Å². The van der Waals surface area contributed by atoms with Crippen molar-refractivity contribution in [2.75, 3.05) is 11.9 Å². The number of rotatable bonds is 1. The van der Waals surface area contributed by atoms with Crippen LogP contribution in [-0.2, 0) is 4.74 Å². The molecule has 0 aromatic rings. The second-order valence-electron chi connectivity index (χ2n) is 1.77. The number of hydrogen-bond acceptors (Lipinski definition) is 2. The van der Waals surface area contributed by atoms with Crippen molar-refractivity contribution >= 4 is 21.8 Å². The molecule has 0 spiro atoms. The summed E-state index contributed by atoms with van der Waals surface area (Å²) < 4.78 is 5.08. The van der Waals surface area contributed by atoms with Gasteiger partial charge in [-0.25, -0.2) is 4.99 Å². The van der Waals surface area contributed by atoms with Gasteiger partial charge in [0.15, 0.2) is 5.90 Å². The third kappa shape index (κ3) is 1.22. The van der Waals surface area contributed by atoms with Crippen molar-refractivity contribution in [3.05, 3.63) is 0 Å². The average molecular weight is 178 g/mol. The maximum atomic E-state index is 5.08. The molecule has 0 aliphatic carbocycles. The predicted molar refractivity (Wildman–Crippen MR) is 36.6 cm³/mol. The Hall–Kier alpha value is -0.0500. The summed E-state index contributed by atoms with van der Waals surface area (Å²) in [5.41, 5.74) is 0. The Morgan fingerprint density at radius 3 is 3.00 bits per heavy atom. The molecular formula is C5H8BrNO. The van der Waals surface area contributed by atoms with E-state index in [1.54, 1.807) is 0 Å². The molecule has 1 unspecified atom stereocenters. The molecular weight excluding hydrogens is 170 g/mol. The summed E-state index contributed by atoms with van der Waals surface area (Å²) in [6, 6.07) is 0.356. The maximum Gasteiger partial charge on any atom is 0.180 e. The van der Waals surface area contributed by atoms with E-state index in [1.807, 2.05) is 6.92 Å². The van der Waals surface area contributed by atoms with Gasteiger partial charge in [-0.05, 0) is 0 Å². The SMILES string of the molecule is CC1=NC(CBr)CO1. The lowest BCUT2D eigenvalue weighted by Crippen LogP contribution is -2.06. The Morgan fingerprint density at radius 1 is 2.00 bits per heavy atom. The molecule has 8 heavy (non-hydrogen) atoms. The zero-order chi connectivity index (χ0) is 5.98. The van der Waals surface area contributed by atoms with E-state index in [-0.39, 0.29) is 0 Å². The van der Waals surface area contributed by atoms with Gasteiger partial charge >= 0.3 is 0 Å². The Bertz CT molecular complexity index is 113. The molecule has 0 saturated carbocycles. The van der Waals surface area contributed by atoms with E-state index in [0.717, 1.165) is 17.8 Å². The lowest BCUT2D eigenvalue weighted by Gasteiger charge is -1.94. The van der Waals surface area contributed by atoms with Crippen LogP contribution in [0.15, 0.2) is 4.99 Å². The first-order chi connectivity index (χ1) is 3.83. The van der Waals surface area contributed by atoms with E-state index >= 15 is 0 Å². The Kier molecular flexibility index (Phi) is 1.89. The summed E-state index contributed by atoms with van der Waals surface area (Å²) in [6.45, 7) is 2.62. The lowest BCUT2D eigenvalue weighted by atomic mass is 10.4. The van der Waals surface area contributed by atoms with Crippen molar-refractivity contribution in [1.82, 2.24) is 0 Å². The van der Waals surface area contributed by atoms with Crippen LogP contribution in [0.3, 0.4) is 0 Å². The Morgan fingerprint density at radius 2 is 2.75 bits per heavy atom. The smallest absolute Gasteiger partial charge is 0.180 e. The van der Waals surface area contributed by atoms with E-state index < -0.39 is 0 Å². The van der Waals surface area contributed by atoms with Crippen LogP contribution in [0.5, 0.6) is 0 Å². The molecule has 0 N–H and O–H groups in total. The normalized spacial score (nSPS) is 27.2. The van der Waals surface area contributed by atoms with Gasteiger partial charge in [0.2, 0.25) is 0 Å². The highest BCUT2D eigenvalue weighted by Gasteiger charge is 2.12. The van der Waals surface area contributed by atoms with Crippen molar-refractivity contribution < 1.29 is 4.74 Å². The van der Waals surface area contributed by atoms with Gasteiger partial charge in [0.05, 0.1) is 6.04 Å². The molecule has 0 saturated heterocycles. The molecule has 1 aliphatic rings. The molecule has 1 rings (SSSR count). The zero-order valence-electron chi connectivity index (χ0n) is 4.72. The number of nitrogens with zero attached hydrogens (tertiary/aromatic N) is 1. The minimum absolute atomic E-state index is 0.356. The zero-order valence-corrected chi connectivity index (χ0v) is 6.31. The first kappa shape index (κ1) is 6.08. The number of alkyl halides is 1. The molecule has 0 fully saturated rings. The quantitative estimate of drug-likeness (QED) is 0.552. The molecule has 2 nitrogen and oxygen atoms in total. The summed E-state index contributed by atoms with van der Waals surface area (Å²) in [5, 5.41) is 0.907. The number of hydrogen-bond donors (Lipinski definition) is 0. The second-order valence-corrected chi connectivity index (χ2v) is 2.41. The minimum atomic E-state index is 0.356. The molecule has 0 amide bonds. The molecule has 0 aromatic heterocycles. The van der Waals surface area contributed by atoms with Crippen LogP contribution in [0.2, 0.25) is 0 Å². The summed E-state index contributed by atoms with van der Waals surface area (Å²) in [7, 11) is 0. The van der Waals surface area contributed by atoms with E-state index in [0.29, 0.717) is 6.04 Å². The van der Waals surface area contributed by atoms with Gasteiger partial charge in [-0.2, -0.15) is 0 Å². The maximum absolute atomic E-state index is 5.08. The largest absolute Gasteiger partial charge is 0.479 e. The minimum Gasteiger partial charge on any atom is -0.479 e. The number of halogens is 1. The predicted octanol–water partition coefficient (Wildman–Crippen LogP) is 1.20. The highest BCUT2D eigenvalue weighted by molar-refractivity contribution is 9.09. The van der Waals surface area contributed by atoms with Gasteiger partial charge in [0.1, 0.15) is 6.61 Å². The fourth-order valence-electron chi connectivity index (χ4n) is 0.627. The third-order valence-electron chi connectivity index (χ3n) is 1.03. The molecule has 0 bridgehead atoms. The molecule has 3 heteroatoms. The highest BCUT2D eigenvalue weighted by atomic mass is 79.9. The van der Waals surface area contributed by atoms with Gasteiger partial charge in [0, 0.05) is 12.3 Å². The van der Waals surface area contributed by atoms with Gasteiger partial charge in [-0.1, -0.05) is 15.9 Å². The number of ether oxygens (including phenoxy) is 1.